The number of benzene rings is 1. The van der Waals surface area contributed by atoms with Gasteiger partial charge in [0.2, 0.25) is 0 Å². The van der Waals surface area contributed by atoms with E-state index >= 15 is 0 Å². The van der Waals surface area contributed by atoms with Gasteiger partial charge in [-0.2, -0.15) is 0 Å². The maximum absolute atomic E-state index is 11.4. The molecule has 0 N–H and O–H groups in total. The summed E-state index contributed by atoms with van der Waals surface area (Å²) in [6, 6.07) is 7.33. The van der Waals surface area contributed by atoms with Gasteiger partial charge in [-0.05, 0) is 31.5 Å². The van der Waals surface area contributed by atoms with Crippen LogP contribution in [0, 0.1) is 5.41 Å². The van der Waals surface area contributed by atoms with E-state index in [1.807, 2.05) is 26.0 Å². The van der Waals surface area contributed by atoms with E-state index in [9.17, 15) is 4.79 Å². The molecule has 0 unspecified atom stereocenters. The molecule has 0 bridgehead atoms. The lowest BCUT2D eigenvalue weighted by molar-refractivity contribution is -0.155. The van der Waals surface area contributed by atoms with Crippen molar-refractivity contribution in [1.82, 2.24) is 0 Å². The lowest BCUT2D eigenvalue weighted by Gasteiger charge is -2.25. The Kier molecular flexibility index (Phi) is 2.72. The van der Waals surface area contributed by atoms with Crippen molar-refractivity contribution in [3.63, 3.8) is 0 Å². The van der Waals surface area contributed by atoms with E-state index in [1.54, 1.807) is 12.1 Å². The largest absolute Gasteiger partial charge is 0.340 e. The summed E-state index contributed by atoms with van der Waals surface area (Å²) in [5.41, 5.74) is 1.20. The topological polar surface area (TPSA) is 38.7 Å². The number of hydrogen-bond acceptors (Lipinski definition) is 3. The van der Waals surface area contributed by atoms with Gasteiger partial charge in [0, 0.05) is 11.4 Å². The quantitative estimate of drug-likeness (QED) is 0.705. The van der Waals surface area contributed by atoms with Crippen LogP contribution < -0.4 is 0 Å². The Hall–Kier alpha value is -1.35. The van der Waals surface area contributed by atoms with Crippen molar-refractivity contribution in [2.24, 2.45) is 10.6 Å². The van der Waals surface area contributed by atoms with Gasteiger partial charge in [-0.1, -0.05) is 28.9 Å². The Bertz CT molecular complexity index is 449. The fourth-order valence-electron chi connectivity index (χ4n) is 1.54. The smallest absolute Gasteiger partial charge is 0.317 e. The predicted molar refractivity (Wildman–Crippen MR) is 62.5 cm³/mol. The monoisotopic (exact) mass is 237 g/mol. The molecule has 0 aromatic heterocycles. The minimum Gasteiger partial charge on any atom is -0.317 e. The molecule has 0 atom stereocenters. The van der Waals surface area contributed by atoms with Crippen LogP contribution in [0.2, 0.25) is 5.02 Å². The zero-order valence-electron chi connectivity index (χ0n) is 9.16. The van der Waals surface area contributed by atoms with Gasteiger partial charge >= 0.3 is 5.97 Å². The minimum atomic E-state index is -0.517. The van der Waals surface area contributed by atoms with E-state index in [1.165, 1.54) is 0 Å². The normalized spacial score (nSPS) is 18.9. The van der Waals surface area contributed by atoms with Crippen molar-refractivity contribution >= 4 is 23.3 Å². The highest BCUT2D eigenvalue weighted by atomic mass is 35.5. The zero-order valence-corrected chi connectivity index (χ0v) is 9.91. The Labute approximate surface area is 99.0 Å². The highest BCUT2D eigenvalue weighted by Crippen LogP contribution is 2.29. The third kappa shape index (κ3) is 2.09. The van der Waals surface area contributed by atoms with Gasteiger partial charge in [-0.15, -0.1) is 0 Å². The maximum atomic E-state index is 11.4. The minimum absolute atomic E-state index is 0.287. The second kappa shape index (κ2) is 3.91. The Morgan fingerprint density at radius 2 is 1.94 bits per heavy atom. The average Bonchev–Trinajstić information content (AvgIpc) is 2.23. The molecule has 1 heterocycles. The molecule has 0 amide bonds. The summed E-state index contributed by atoms with van der Waals surface area (Å²) in [5, 5.41) is 4.51. The van der Waals surface area contributed by atoms with Crippen molar-refractivity contribution in [3.8, 4) is 0 Å². The molecule has 3 nitrogen and oxygen atoms in total. The highest BCUT2D eigenvalue weighted by Gasteiger charge is 2.35. The first kappa shape index (κ1) is 11.1. The fourth-order valence-corrected chi connectivity index (χ4v) is 1.67. The SMILES string of the molecule is CC1(C)CC(c2ccc(Cl)cc2)=NOC1=O. The van der Waals surface area contributed by atoms with Crippen LogP contribution in [0.5, 0.6) is 0 Å². The summed E-state index contributed by atoms with van der Waals surface area (Å²) in [6.45, 7) is 3.69. The van der Waals surface area contributed by atoms with Crippen LogP contribution in [-0.4, -0.2) is 11.7 Å². The number of nitrogens with zero attached hydrogens (tertiary/aromatic N) is 1. The maximum Gasteiger partial charge on any atom is 0.340 e. The van der Waals surface area contributed by atoms with Gasteiger partial charge in [0.15, 0.2) is 0 Å². The lowest BCUT2D eigenvalue weighted by atomic mass is 9.84. The van der Waals surface area contributed by atoms with Crippen molar-refractivity contribution < 1.29 is 9.63 Å². The number of oxime groups is 1. The molecular formula is C12H12ClNO2. The molecule has 1 aromatic carbocycles. The first-order valence-electron chi connectivity index (χ1n) is 5.03. The van der Waals surface area contributed by atoms with Gasteiger partial charge in [0.05, 0.1) is 11.1 Å². The summed E-state index contributed by atoms with van der Waals surface area (Å²) in [5.74, 6) is -0.287. The second-order valence-electron chi connectivity index (χ2n) is 4.48. The van der Waals surface area contributed by atoms with Gasteiger partial charge in [-0.25, -0.2) is 4.79 Å². The molecule has 1 aromatic rings. The number of hydrogen-bond donors (Lipinski definition) is 0. The van der Waals surface area contributed by atoms with Crippen molar-refractivity contribution in [2.75, 3.05) is 0 Å². The number of carbonyl (C=O) groups is 1. The molecule has 0 aliphatic carbocycles. The van der Waals surface area contributed by atoms with Crippen LogP contribution in [0.15, 0.2) is 29.4 Å². The van der Waals surface area contributed by atoms with E-state index in [-0.39, 0.29) is 5.97 Å². The summed E-state index contributed by atoms with van der Waals surface area (Å²) in [4.78, 5) is 16.2. The Morgan fingerprint density at radius 1 is 1.31 bits per heavy atom. The first-order chi connectivity index (χ1) is 7.49. The molecule has 16 heavy (non-hydrogen) atoms. The van der Waals surface area contributed by atoms with Crippen LogP contribution in [0.25, 0.3) is 0 Å². The van der Waals surface area contributed by atoms with E-state index in [0.29, 0.717) is 11.4 Å². The molecule has 2 rings (SSSR count). The molecule has 0 radical (unpaired) electrons. The van der Waals surface area contributed by atoms with Crippen LogP contribution in [-0.2, 0) is 9.63 Å². The predicted octanol–water partition coefficient (Wildman–Crippen LogP) is 3.02. The molecule has 0 saturated carbocycles. The van der Waals surface area contributed by atoms with E-state index < -0.39 is 5.41 Å². The summed E-state index contributed by atoms with van der Waals surface area (Å²) < 4.78 is 0. The molecule has 1 aliphatic heterocycles. The van der Waals surface area contributed by atoms with Crippen LogP contribution in [0.4, 0.5) is 0 Å². The van der Waals surface area contributed by atoms with Gasteiger partial charge < -0.3 is 4.84 Å². The standard InChI is InChI=1S/C12H12ClNO2/c1-12(2)7-10(14-16-11(12)15)8-3-5-9(13)6-4-8/h3-6H,7H2,1-2H3. The molecule has 84 valence electrons. The molecule has 0 saturated heterocycles. The van der Waals surface area contributed by atoms with Crippen molar-refractivity contribution in [2.45, 2.75) is 20.3 Å². The Balaban J connectivity index is 2.30. The van der Waals surface area contributed by atoms with Crippen molar-refractivity contribution in [1.29, 1.82) is 0 Å². The van der Waals surface area contributed by atoms with Crippen LogP contribution in [0.3, 0.4) is 0 Å². The third-order valence-corrected chi connectivity index (χ3v) is 2.83. The molecule has 1 aliphatic rings. The second-order valence-corrected chi connectivity index (χ2v) is 4.92. The van der Waals surface area contributed by atoms with Crippen molar-refractivity contribution in [3.05, 3.63) is 34.9 Å². The first-order valence-corrected chi connectivity index (χ1v) is 5.41. The lowest BCUT2D eigenvalue weighted by Crippen LogP contribution is -2.32. The number of halogens is 1. The van der Waals surface area contributed by atoms with Gasteiger partial charge in [-0.3, -0.25) is 0 Å². The summed E-state index contributed by atoms with van der Waals surface area (Å²) >= 11 is 5.80. The third-order valence-electron chi connectivity index (χ3n) is 2.58. The molecule has 0 fully saturated rings. The highest BCUT2D eigenvalue weighted by molar-refractivity contribution is 6.30. The average molecular weight is 238 g/mol. The number of carbonyl (C=O) groups excluding carboxylic acids is 1. The van der Waals surface area contributed by atoms with E-state index in [2.05, 4.69) is 5.16 Å². The number of rotatable bonds is 1. The summed E-state index contributed by atoms with van der Waals surface area (Å²) in [7, 11) is 0. The fraction of sp³-hybridized carbons (Fsp3) is 0.333. The summed E-state index contributed by atoms with van der Waals surface area (Å²) in [6.07, 6.45) is 0.577. The molecular weight excluding hydrogens is 226 g/mol. The van der Waals surface area contributed by atoms with Crippen LogP contribution in [0.1, 0.15) is 25.8 Å². The Morgan fingerprint density at radius 3 is 2.50 bits per heavy atom. The van der Waals surface area contributed by atoms with Gasteiger partial charge in [0.1, 0.15) is 0 Å². The van der Waals surface area contributed by atoms with Gasteiger partial charge in [0.25, 0.3) is 0 Å². The zero-order chi connectivity index (χ0) is 11.8. The molecule has 4 heteroatoms. The van der Waals surface area contributed by atoms with E-state index in [0.717, 1.165) is 11.3 Å². The molecule has 0 spiro atoms. The van der Waals surface area contributed by atoms with E-state index in [4.69, 9.17) is 16.4 Å². The van der Waals surface area contributed by atoms with Crippen LogP contribution >= 0.6 is 11.6 Å².